The molecule has 1 aliphatic carbocycles. The van der Waals surface area contributed by atoms with Crippen molar-refractivity contribution in [3.05, 3.63) is 198 Å². The molecule has 0 saturated carbocycles. The van der Waals surface area contributed by atoms with Gasteiger partial charge in [0.15, 0.2) is 0 Å². The molecule has 0 spiro atoms. The fourth-order valence-corrected chi connectivity index (χ4v) is 8.13. The standard InChI is InChI=1S/C44H29N3/c1-4-15-31(16-5-1)44(32-17-6-2-7-18-32)36-22-11-10-21-34(36)35-28-27-30(29-37(35)44)43-45-38-23-14-26-41-42(38)47(43)40-25-13-12-24-39(40)46(41)33-19-8-3-9-20-33/h1-29H. The van der Waals surface area contributed by atoms with Crippen molar-refractivity contribution in [3.63, 3.8) is 0 Å². The van der Waals surface area contributed by atoms with Gasteiger partial charge in [-0.2, -0.15) is 0 Å². The number of anilines is 3. The molecule has 2 aliphatic rings. The van der Waals surface area contributed by atoms with Gasteiger partial charge in [-0.15, -0.1) is 0 Å². The average Bonchev–Trinajstić information content (AvgIpc) is 3.68. The molecule has 8 aromatic rings. The number of aromatic nitrogens is 2. The first-order valence-electron chi connectivity index (χ1n) is 16.2. The summed E-state index contributed by atoms with van der Waals surface area (Å²) < 4.78 is 2.37. The van der Waals surface area contributed by atoms with Crippen molar-refractivity contribution in [3.8, 4) is 28.2 Å². The zero-order chi connectivity index (χ0) is 31.0. The lowest BCUT2D eigenvalue weighted by atomic mass is 9.67. The zero-order valence-corrected chi connectivity index (χ0v) is 25.6. The molecule has 0 N–H and O–H groups in total. The van der Waals surface area contributed by atoms with Crippen LogP contribution in [-0.2, 0) is 5.41 Å². The van der Waals surface area contributed by atoms with Crippen LogP contribution in [0.4, 0.5) is 17.1 Å². The van der Waals surface area contributed by atoms with Crippen LogP contribution in [0.1, 0.15) is 22.3 Å². The van der Waals surface area contributed by atoms with E-state index in [1.165, 1.54) is 33.4 Å². The van der Waals surface area contributed by atoms with Crippen molar-refractivity contribution in [2.75, 3.05) is 4.90 Å². The summed E-state index contributed by atoms with van der Waals surface area (Å²) in [5.74, 6) is 0.946. The monoisotopic (exact) mass is 599 g/mol. The molecular weight excluding hydrogens is 571 g/mol. The first-order valence-corrected chi connectivity index (χ1v) is 16.2. The first-order chi connectivity index (χ1) is 23.3. The van der Waals surface area contributed by atoms with Crippen molar-refractivity contribution in [2.24, 2.45) is 0 Å². The maximum atomic E-state index is 5.39. The summed E-state index contributed by atoms with van der Waals surface area (Å²) >= 11 is 0. The zero-order valence-electron chi connectivity index (χ0n) is 25.6. The summed E-state index contributed by atoms with van der Waals surface area (Å²) in [7, 11) is 0. The molecule has 0 saturated heterocycles. The molecule has 220 valence electrons. The number of rotatable bonds is 4. The second kappa shape index (κ2) is 9.90. The third kappa shape index (κ3) is 3.54. The third-order valence-corrected chi connectivity index (χ3v) is 9.99. The van der Waals surface area contributed by atoms with Crippen LogP contribution in [0.5, 0.6) is 0 Å². The molecular formula is C44H29N3. The first kappa shape index (κ1) is 26.1. The number of para-hydroxylation sites is 4. The SMILES string of the molecule is c1ccc(N2c3ccccc3-n3c(-c4ccc5c(c4)C(c4ccccc4)(c4ccccc4)c4ccccc4-5)nc4cccc2c43)cc1. The second-order valence-electron chi connectivity index (χ2n) is 12.4. The summed E-state index contributed by atoms with van der Waals surface area (Å²) in [6.07, 6.45) is 0. The molecule has 2 heterocycles. The van der Waals surface area contributed by atoms with Gasteiger partial charge in [0.05, 0.1) is 33.5 Å². The highest BCUT2D eigenvalue weighted by molar-refractivity contribution is 6.03. The maximum Gasteiger partial charge on any atom is 0.145 e. The molecule has 47 heavy (non-hydrogen) atoms. The van der Waals surface area contributed by atoms with Crippen LogP contribution in [0.15, 0.2) is 176 Å². The Bertz CT molecular complexity index is 2420. The van der Waals surface area contributed by atoms with Crippen LogP contribution in [0.3, 0.4) is 0 Å². The Morgan fingerprint density at radius 2 is 1.04 bits per heavy atom. The van der Waals surface area contributed by atoms with Gasteiger partial charge in [0.2, 0.25) is 0 Å². The Hall–Kier alpha value is -6.19. The predicted octanol–water partition coefficient (Wildman–Crippen LogP) is 10.8. The lowest BCUT2D eigenvalue weighted by molar-refractivity contribution is 0.768. The van der Waals surface area contributed by atoms with Crippen LogP contribution in [0.2, 0.25) is 0 Å². The van der Waals surface area contributed by atoms with Gasteiger partial charge >= 0.3 is 0 Å². The lowest BCUT2D eigenvalue weighted by Crippen LogP contribution is -2.28. The van der Waals surface area contributed by atoms with Crippen molar-refractivity contribution in [1.82, 2.24) is 9.55 Å². The lowest BCUT2D eigenvalue weighted by Gasteiger charge is -2.34. The van der Waals surface area contributed by atoms with E-state index in [1.807, 2.05) is 0 Å². The smallest absolute Gasteiger partial charge is 0.145 e. The molecule has 0 atom stereocenters. The molecule has 1 aromatic heterocycles. The summed E-state index contributed by atoms with van der Waals surface area (Å²) in [6.45, 7) is 0. The summed E-state index contributed by atoms with van der Waals surface area (Å²) in [4.78, 5) is 7.75. The normalized spacial score (nSPS) is 13.7. The van der Waals surface area contributed by atoms with E-state index < -0.39 is 5.41 Å². The molecule has 3 nitrogen and oxygen atoms in total. The van der Waals surface area contributed by atoms with E-state index in [2.05, 4.69) is 185 Å². The van der Waals surface area contributed by atoms with E-state index in [-0.39, 0.29) is 0 Å². The minimum Gasteiger partial charge on any atom is -0.306 e. The third-order valence-electron chi connectivity index (χ3n) is 9.99. The predicted molar refractivity (Wildman–Crippen MR) is 192 cm³/mol. The van der Waals surface area contributed by atoms with Gasteiger partial charge in [-0.3, -0.25) is 4.57 Å². The maximum absolute atomic E-state index is 5.39. The van der Waals surface area contributed by atoms with Crippen LogP contribution in [0.25, 0.3) is 39.2 Å². The second-order valence-corrected chi connectivity index (χ2v) is 12.4. The van der Waals surface area contributed by atoms with Gasteiger partial charge in [0, 0.05) is 11.3 Å². The number of hydrogen-bond donors (Lipinski definition) is 0. The van der Waals surface area contributed by atoms with Crippen LogP contribution >= 0.6 is 0 Å². The largest absolute Gasteiger partial charge is 0.306 e. The van der Waals surface area contributed by atoms with E-state index in [4.69, 9.17) is 4.98 Å². The highest BCUT2D eigenvalue weighted by Crippen LogP contribution is 2.57. The molecule has 7 aromatic carbocycles. The molecule has 0 bridgehead atoms. The Balaban J connectivity index is 1.28. The van der Waals surface area contributed by atoms with Gasteiger partial charge in [-0.1, -0.05) is 133 Å². The van der Waals surface area contributed by atoms with Crippen LogP contribution in [-0.4, -0.2) is 9.55 Å². The van der Waals surface area contributed by atoms with E-state index >= 15 is 0 Å². The van der Waals surface area contributed by atoms with Crippen molar-refractivity contribution < 1.29 is 0 Å². The highest BCUT2D eigenvalue weighted by Gasteiger charge is 2.46. The number of benzene rings is 7. The van der Waals surface area contributed by atoms with Gasteiger partial charge in [0.25, 0.3) is 0 Å². The number of nitrogens with zero attached hydrogens (tertiary/aromatic N) is 3. The van der Waals surface area contributed by atoms with Crippen molar-refractivity contribution in [1.29, 1.82) is 0 Å². The molecule has 10 rings (SSSR count). The minimum absolute atomic E-state index is 0.467. The number of hydrogen-bond acceptors (Lipinski definition) is 2. The molecule has 1 aliphatic heterocycles. The Morgan fingerprint density at radius 1 is 0.447 bits per heavy atom. The highest BCUT2D eigenvalue weighted by atomic mass is 15.2. The fraction of sp³-hybridized carbons (Fsp3) is 0.0227. The van der Waals surface area contributed by atoms with E-state index in [0.717, 1.165) is 45.2 Å². The Labute approximate surface area is 273 Å². The molecule has 3 heteroatoms. The summed E-state index contributed by atoms with van der Waals surface area (Å²) in [5.41, 5.74) is 14.9. The quantitative estimate of drug-likeness (QED) is 0.201. The number of imidazole rings is 1. The van der Waals surface area contributed by atoms with Gasteiger partial charge in [-0.25, -0.2) is 4.98 Å². The topological polar surface area (TPSA) is 21.1 Å². The van der Waals surface area contributed by atoms with Crippen LogP contribution in [0, 0.1) is 0 Å². The van der Waals surface area contributed by atoms with Crippen molar-refractivity contribution >= 4 is 28.1 Å². The van der Waals surface area contributed by atoms with E-state index in [1.54, 1.807) is 0 Å². The van der Waals surface area contributed by atoms with Gasteiger partial charge < -0.3 is 4.90 Å². The Kier molecular flexibility index (Phi) is 5.49. The fourth-order valence-electron chi connectivity index (χ4n) is 8.13. The minimum atomic E-state index is -0.467. The Morgan fingerprint density at radius 3 is 1.79 bits per heavy atom. The molecule has 0 unspecified atom stereocenters. The van der Waals surface area contributed by atoms with Crippen molar-refractivity contribution in [2.45, 2.75) is 5.41 Å². The summed E-state index contributed by atoms with van der Waals surface area (Å²) in [6, 6.07) is 63.6. The average molecular weight is 600 g/mol. The van der Waals surface area contributed by atoms with E-state index in [9.17, 15) is 0 Å². The molecule has 0 radical (unpaired) electrons. The van der Waals surface area contributed by atoms with Gasteiger partial charge in [-0.05, 0) is 75.8 Å². The van der Waals surface area contributed by atoms with Gasteiger partial charge in [0.1, 0.15) is 5.82 Å². The van der Waals surface area contributed by atoms with Crippen LogP contribution < -0.4 is 4.90 Å². The van der Waals surface area contributed by atoms with E-state index in [0.29, 0.717) is 0 Å². The molecule has 0 amide bonds. The number of fused-ring (bicyclic) bond motifs is 5. The summed E-state index contributed by atoms with van der Waals surface area (Å²) in [5, 5.41) is 0. The molecule has 0 fully saturated rings.